The zero-order valence-corrected chi connectivity index (χ0v) is 18.8. The number of piperidine rings is 1. The van der Waals surface area contributed by atoms with Gasteiger partial charge < -0.3 is 15.5 Å². The number of guanidine groups is 1. The van der Waals surface area contributed by atoms with E-state index in [0.717, 1.165) is 24.4 Å². The van der Waals surface area contributed by atoms with Gasteiger partial charge in [-0.15, -0.1) is 24.0 Å². The summed E-state index contributed by atoms with van der Waals surface area (Å²) < 4.78 is 13.3. The number of urea groups is 1. The molecule has 2 heterocycles. The van der Waals surface area contributed by atoms with Crippen LogP contribution in [0.3, 0.4) is 0 Å². The van der Waals surface area contributed by atoms with Crippen LogP contribution in [0.2, 0.25) is 5.02 Å². The molecular weight excluding hydrogens is 500 g/mol. The van der Waals surface area contributed by atoms with Gasteiger partial charge in [-0.25, -0.2) is 9.18 Å². The molecular formula is C18H24ClFIN5O2. The number of hydrogen-bond donors (Lipinski definition) is 3. The lowest BCUT2D eigenvalue weighted by Crippen LogP contribution is -2.55. The number of nitrogens with zero attached hydrogens (tertiary/aromatic N) is 2. The zero-order chi connectivity index (χ0) is 19.6. The lowest BCUT2D eigenvalue weighted by molar-refractivity contribution is -0.125. The number of carbonyl (C=O) groups is 2. The molecule has 28 heavy (non-hydrogen) atoms. The molecule has 0 bridgehead atoms. The maximum Gasteiger partial charge on any atom is 0.322 e. The second-order valence-electron chi connectivity index (χ2n) is 7.02. The second-order valence-corrected chi connectivity index (χ2v) is 7.43. The Morgan fingerprint density at radius 2 is 2.07 bits per heavy atom. The zero-order valence-electron chi connectivity index (χ0n) is 15.7. The summed E-state index contributed by atoms with van der Waals surface area (Å²) in [6.45, 7) is 3.68. The van der Waals surface area contributed by atoms with Crippen molar-refractivity contribution in [2.75, 3.05) is 20.1 Å². The van der Waals surface area contributed by atoms with Crippen molar-refractivity contribution in [3.8, 4) is 0 Å². The van der Waals surface area contributed by atoms with Gasteiger partial charge in [0.15, 0.2) is 5.96 Å². The van der Waals surface area contributed by atoms with Crippen LogP contribution in [0, 0.1) is 11.7 Å². The molecule has 1 aromatic carbocycles. The number of rotatable bonds is 3. The molecule has 1 unspecified atom stereocenters. The van der Waals surface area contributed by atoms with E-state index in [-0.39, 0.29) is 40.8 Å². The van der Waals surface area contributed by atoms with Crippen LogP contribution in [0.1, 0.15) is 25.3 Å². The van der Waals surface area contributed by atoms with Crippen LogP contribution in [-0.4, -0.2) is 48.5 Å². The molecule has 2 aliphatic heterocycles. The van der Waals surface area contributed by atoms with Crippen molar-refractivity contribution >= 4 is 53.5 Å². The molecule has 3 N–H and O–H groups in total. The molecule has 0 radical (unpaired) electrons. The Kier molecular flexibility index (Phi) is 7.49. The van der Waals surface area contributed by atoms with Gasteiger partial charge in [-0.05, 0) is 43.4 Å². The van der Waals surface area contributed by atoms with Gasteiger partial charge in [0.2, 0.25) is 0 Å². The Bertz CT molecular complexity index is 785. The van der Waals surface area contributed by atoms with E-state index < -0.39 is 17.4 Å². The predicted molar refractivity (Wildman–Crippen MR) is 116 cm³/mol. The van der Waals surface area contributed by atoms with Gasteiger partial charge >= 0.3 is 6.03 Å². The second kappa shape index (κ2) is 9.25. The number of aliphatic imine (C=N–C) groups is 1. The molecule has 2 fully saturated rings. The number of halogens is 3. The van der Waals surface area contributed by atoms with E-state index in [1.165, 1.54) is 6.07 Å². The first-order valence-corrected chi connectivity index (χ1v) is 9.24. The molecule has 10 heteroatoms. The fraction of sp³-hybridized carbons (Fsp3) is 0.500. The maximum atomic E-state index is 13.3. The highest BCUT2D eigenvalue weighted by Crippen LogP contribution is 2.30. The van der Waals surface area contributed by atoms with E-state index in [1.54, 1.807) is 26.1 Å². The molecule has 0 spiro atoms. The van der Waals surface area contributed by atoms with Crippen molar-refractivity contribution in [2.45, 2.75) is 31.8 Å². The lowest BCUT2D eigenvalue weighted by Gasteiger charge is -2.39. The molecule has 1 atom stereocenters. The number of likely N-dealkylation sites (tertiary alicyclic amines) is 1. The van der Waals surface area contributed by atoms with E-state index in [4.69, 9.17) is 11.6 Å². The molecule has 0 aliphatic carbocycles. The van der Waals surface area contributed by atoms with E-state index in [1.807, 2.05) is 0 Å². The summed E-state index contributed by atoms with van der Waals surface area (Å²) in [5.41, 5.74) is 0.000579. The van der Waals surface area contributed by atoms with Crippen LogP contribution in [0.15, 0.2) is 23.2 Å². The summed E-state index contributed by atoms with van der Waals surface area (Å²) in [5.74, 6) is 0.0956. The average molecular weight is 524 g/mol. The van der Waals surface area contributed by atoms with Gasteiger partial charge in [-0.2, -0.15) is 0 Å². The van der Waals surface area contributed by atoms with Crippen LogP contribution in [0.4, 0.5) is 9.18 Å². The van der Waals surface area contributed by atoms with E-state index >= 15 is 0 Å². The van der Waals surface area contributed by atoms with Crippen molar-refractivity contribution < 1.29 is 14.0 Å². The number of benzene rings is 1. The minimum absolute atomic E-state index is 0. The third-order valence-corrected chi connectivity index (χ3v) is 5.62. The fourth-order valence-corrected chi connectivity index (χ4v) is 3.88. The molecule has 7 nitrogen and oxygen atoms in total. The van der Waals surface area contributed by atoms with Crippen LogP contribution < -0.4 is 16.0 Å². The van der Waals surface area contributed by atoms with Crippen LogP contribution in [-0.2, 0) is 11.3 Å². The van der Waals surface area contributed by atoms with Crippen LogP contribution in [0.25, 0.3) is 0 Å². The van der Waals surface area contributed by atoms with Gasteiger partial charge in [0.05, 0.1) is 5.02 Å². The third-order valence-electron chi connectivity index (χ3n) is 5.33. The molecule has 0 aromatic heterocycles. The highest BCUT2D eigenvalue weighted by Gasteiger charge is 2.48. The van der Waals surface area contributed by atoms with Gasteiger partial charge in [-0.1, -0.05) is 17.7 Å². The van der Waals surface area contributed by atoms with Crippen molar-refractivity contribution in [3.63, 3.8) is 0 Å². The Balaban J connectivity index is 0.00000280. The topological polar surface area (TPSA) is 85.8 Å². The number of imide groups is 1. The normalized spacial score (nSPS) is 23.1. The summed E-state index contributed by atoms with van der Waals surface area (Å²) >= 11 is 5.82. The van der Waals surface area contributed by atoms with Gasteiger partial charge in [0.1, 0.15) is 11.4 Å². The number of carbonyl (C=O) groups excluding carboxylic acids is 2. The number of hydrogen-bond acceptors (Lipinski definition) is 3. The number of amides is 3. The highest BCUT2D eigenvalue weighted by atomic mass is 127. The Morgan fingerprint density at radius 1 is 1.39 bits per heavy atom. The fourth-order valence-electron chi connectivity index (χ4n) is 3.68. The first-order valence-electron chi connectivity index (χ1n) is 8.86. The van der Waals surface area contributed by atoms with Gasteiger partial charge in [0.25, 0.3) is 5.91 Å². The van der Waals surface area contributed by atoms with E-state index in [2.05, 4.69) is 25.8 Å². The molecule has 2 aliphatic rings. The smallest absolute Gasteiger partial charge is 0.322 e. The summed E-state index contributed by atoms with van der Waals surface area (Å²) in [7, 11) is 1.71. The largest absolute Gasteiger partial charge is 0.352 e. The van der Waals surface area contributed by atoms with Gasteiger partial charge in [-0.3, -0.25) is 15.1 Å². The van der Waals surface area contributed by atoms with Crippen molar-refractivity contribution in [3.05, 3.63) is 34.6 Å². The molecule has 154 valence electrons. The summed E-state index contributed by atoms with van der Waals surface area (Å²) in [6, 6.07) is 4.18. The summed E-state index contributed by atoms with van der Waals surface area (Å²) in [5, 5.41) is 8.43. The molecule has 2 saturated heterocycles. The van der Waals surface area contributed by atoms with Crippen molar-refractivity contribution in [2.24, 2.45) is 10.9 Å². The lowest BCUT2D eigenvalue weighted by atomic mass is 9.79. The quantitative estimate of drug-likeness (QED) is 0.246. The Labute approximate surface area is 185 Å². The highest BCUT2D eigenvalue weighted by molar-refractivity contribution is 14.0. The summed E-state index contributed by atoms with van der Waals surface area (Å²) in [4.78, 5) is 30.0. The third kappa shape index (κ3) is 4.68. The Morgan fingerprint density at radius 3 is 2.61 bits per heavy atom. The molecule has 3 rings (SSSR count). The first-order chi connectivity index (χ1) is 12.8. The molecule has 0 saturated carbocycles. The minimum atomic E-state index is -0.856. The maximum absolute atomic E-state index is 13.3. The molecule has 1 aromatic rings. The van der Waals surface area contributed by atoms with Crippen LogP contribution >= 0.6 is 35.6 Å². The number of nitrogens with one attached hydrogen (secondary N) is 3. The minimum Gasteiger partial charge on any atom is -0.352 e. The van der Waals surface area contributed by atoms with Crippen LogP contribution in [0.5, 0.6) is 0 Å². The van der Waals surface area contributed by atoms with E-state index in [0.29, 0.717) is 19.6 Å². The monoisotopic (exact) mass is 523 g/mol. The van der Waals surface area contributed by atoms with Crippen molar-refractivity contribution in [1.82, 2.24) is 20.9 Å². The standard InChI is InChI=1S/C18H23ClFN5O2.HI/c1-18(15(26)23-17(27)24-18)12-5-7-25(8-6-12)16(21-2)22-10-11-3-4-14(20)13(19)9-11;/h3-4,9,12H,5-8,10H2,1-2H3,(H,21,22)(H2,23,24,26,27);1H. The average Bonchev–Trinajstić information content (AvgIpc) is 2.92. The SMILES string of the molecule is CN=C(NCc1ccc(F)c(Cl)c1)N1CCC(C2(C)NC(=O)NC2=O)CC1.I. The van der Waals surface area contributed by atoms with E-state index in [9.17, 15) is 14.0 Å². The summed E-state index contributed by atoms with van der Waals surface area (Å²) in [6.07, 6.45) is 1.51. The van der Waals surface area contributed by atoms with Gasteiger partial charge in [0, 0.05) is 26.7 Å². The molecule has 3 amide bonds. The first kappa shape index (κ1) is 22.7. The predicted octanol–water partition coefficient (Wildman–Crippen LogP) is 2.48. The Hall–Kier alpha value is -1.62. The van der Waals surface area contributed by atoms with Crippen molar-refractivity contribution in [1.29, 1.82) is 0 Å².